The van der Waals surface area contributed by atoms with Gasteiger partial charge in [0.05, 0.1) is 24.6 Å². The fourth-order valence-corrected chi connectivity index (χ4v) is 1.97. The van der Waals surface area contributed by atoms with Crippen molar-refractivity contribution in [2.45, 2.75) is 5.92 Å². The molecule has 0 aromatic heterocycles. The molecule has 0 fully saturated rings. The summed E-state index contributed by atoms with van der Waals surface area (Å²) in [7, 11) is 2.93. The van der Waals surface area contributed by atoms with Gasteiger partial charge in [0.25, 0.3) is 0 Å². The van der Waals surface area contributed by atoms with E-state index in [9.17, 15) is 4.79 Å². The average Bonchev–Trinajstić information content (AvgIpc) is 2.30. The number of hydrogen-bond donors (Lipinski definition) is 1. The molecule has 0 bridgehead atoms. The van der Waals surface area contributed by atoms with Gasteiger partial charge in [-0.05, 0) is 33.6 Å². The van der Waals surface area contributed by atoms with Crippen LogP contribution in [0.2, 0.25) is 0 Å². The van der Waals surface area contributed by atoms with Crippen molar-refractivity contribution in [3.8, 4) is 5.75 Å². The summed E-state index contributed by atoms with van der Waals surface area (Å²) in [5.74, 6) is -0.0591. The maximum absolute atomic E-state index is 11.5. The Balaban J connectivity index is 3.03. The van der Waals surface area contributed by atoms with E-state index < -0.39 is 5.92 Å². The van der Waals surface area contributed by atoms with Crippen molar-refractivity contribution < 1.29 is 14.3 Å². The lowest BCUT2D eigenvalue weighted by Crippen LogP contribution is -2.22. The maximum Gasteiger partial charge on any atom is 0.314 e. The number of esters is 1. The molecule has 4 nitrogen and oxygen atoms in total. The van der Waals surface area contributed by atoms with Crippen LogP contribution in [0.4, 0.5) is 0 Å². The van der Waals surface area contributed by atoms with Gasteiger partial charge in [-0.25, -0.2) is 0 Å². The smallest absolute Gasteiger partial charge is 0.314 e. The Labute approximate surface area is 103 Å². The highest BCUT2D eigenvalue weighted by Crippen LogP contribution is 2.28. The summed E-state index contributed by atoms with van der Waals surface area (Å²) >= 11 is 3.36. The lowest BCUT2D eigenvalue weighted by atomic mass is 9.99. The fourth-order valence-electron chi connectivity index (χ4n) is 1.41. The van der Waals surface area contributed by atoms with E-state index in [1.165, 1.54) is 7.11 Å². The standard InChI is InChI=1S/C11H14BrNO3/c1-15-10-4-3-7(5-9(10)12)8(6-13)11(14)16-2/h3-5,8H,6,13H2,1-2H3. The molecule has 0 amide bonds. The Morgan fingerprint density at radius 3 is 2.62 bits per heavy atom. The Kier molecular flexibility index (Phi) is 4.76. The van der Waals surface area contributed by atoms with Gasteiger partial charge in [0.2, 0.25) is 0 Å². The van der Waals surface area contributed by atoms with Crippen LogP contribution in [0.3, 0.4) is 0 Å². The van der Waals surface area contributed by atoms with Gasteiger partial charge in [0.1, 0.15) is 5.75 Å². The van der Waals surface area contributed by atoms with Gasteiger partial charge < -0.3 is 15.2 Å². The van der Waals surface area contributed by atoms with E-state index >= 15 is 0 Å². The third-order valence-corrected chi connectivity index (χ3v) is 2.92. The molecule has 1 unspecified atom stereocenters. The first-order valence-corrected chi connectivity index (χ1v) is 5.54. The van der Waals surface area contributed by atoms with E-state index in [1.54, 1.807) is 19.2 Å². The Morgan fingerprint density at radius 1 is 1.50 bits per heavy atom. The zero-order chi connectivity index (χ0) is 12.1. The van der Waals surface area contributed by atoms with E-state index in [2.05, 4.69) is 20.7 Å². The molecule has 0 aliphatic heterocycles. The Bertz CT molecular complexity index is 381. The largest absolute Gasteiger partial charge is 0.496 e. The maximum atomic E-state index is 11.5. The van der Waals surface area contributed by atoms with Crippen molar-refractivity contribution in [3.05, 3.63) is 28.2 Å². The van der Waals surface area contributed by atoms with Crippen molar-refractivity contribution in [3.63, 3.8) is 0 Å². The second-order valence-electron chi connectivity index (χ2n) is 3.21. The normalized spacial score (nSPS) is 12.0. The topological polar surface area (TPSA) is 61.5 Å². The van der Waals surface area contributed by atoms with E-state index in [-0.39, 0.29) is 12.5 Å². The second kappa shape index (κ2) is 5.86. The monoisotopic (exact) mass is 287 g/mol. The van der Waals surface area contributed by atoms with Crippen LogP contribution in [-0.2, 0) is 9.53 Å². The lowest BCUT2D eigenvalue weighted by Gasteiger charge is -2.14. The molecule has 0 saturated heterocycles. The SMILES string of the molecule is COC(=O)C(CN)c1ccc(OC)c(Br)c1. The van der Waals surface area contributed by atoms with E-state index in [0.29, 0.717) is 5.75 Å². The highest BCUT2D eigenvalue weighted by Gasteiger charge is 2.20. The predicted octanol–water partition coefficient (Wildman–Crippen LogP) is 1.67. The molecule has 0 aliphatic rings. The van der Waals surface area contributed by atoms with Crippen molar-refractivity contribution in [2.24, 2.45) is 5.73 Å². The van der Waals surface area contributed by atoms with Gasteiger partial charge in [0.15, 0.2) is 0 Å². The lowest BCUT2D eigenvalue weighted by molar-refractivity contribution is -0.142. The first kappa shape index (κ1) is 13.0. The number of hydrogen-bond acceptors (Lipinski definition) is 4. The summed E-state index contributed by atoms with van der Waals surface area (Å²) in [5, 5.41) is 0. The minimum Gasteiger partial charge on any atom is -0.496 e. The van der Waals surface area contributed by atoms with Gasteiger partial charge in [-0.3, -0.25) is 4.79 Å². The molecule has 1 aromatic rings. The first-order chi connectivity index (χ1) is 7.63. The van der Waals surface area contributed by atoms with E-state index in [0.717, 1.165) is 10.0 Å². The molecule has 0 aliphatic carbocycles. The summed E-state index contributed by atoms with van der Waals surface area (Å²) in [6.45, 7) is 0.214. The van der Waals surface area contributed by atoms with Gasteiger partial charge in [-0.1, -0.05) is 6.07 Å². The van der Waals surface area contributed by atoms with Crippen LogP contribution < -0.4 is 10.5 Å². The van der Waals surface area contributed by atoms with Crippen LogP contribution in [0.1, 0.15) is 11.5 Å². The molecule has 2 N–H and O–H groups in total. The number of nitrogens with two attached hydrogens (primary N) is 1. The van der Waals surface area contributed by atoms with Gasteiger partial charge in [0, 0.05) is 6.54 Å². The summed E-state index contributed by atoms with van der Waals surface area (Å²) < 4.78 is 10.6. The summed E-state index contributed by atoms with van der Waals surface area (Å²) in [5.41, 5.74) is 6.36. The van der Waals surface area contributed by atoms with Crippen molar-refractivity contribution in [2.75, 3.05) is 20.8 Å². The number of benzene rings is 1. The van der Waals surface area contributed by atoms with Crippen LogP contribution in [-0.4, -0.2) is 26.7 Å². The molecule has 0 spiro atoms. The third-order valence-electron chi connectivity index (χ3n) is 2.30. The quantitative estimate of drug-likeness (QED) is 0.856. The molecule has 5 heteroatoms. The van der Waals surface area contributed by atoms with Crippen molar-refractivity contribution >= 4 is 21.9 Å². The van der Waals surface area contributed by atoms with Gasteiger partial charge >= 0.3 is 5.97 Å². The second-order valence-corrected chi connectivity index (χ2v) is 4.06. The molecule has 0 saturated carbocycles. The minimum absolute atomic E-state index is 0.214. The molecule has 88 valence electrons. The zero-order valence-electron chi connectivity index (χ0n) is 9.20. The molecule has 16 heavy (non-hydrogen) atoms. The summed E-state index contributed by atoms with van der Waals surface area (Å²) in [6, 6.07) is 5.40. The molecule has 0 radical (unpaired) electrons. The number of carbonyl (C=O) groups excluding carboxylic acids is 1. The number of rotatable bonds is 4. The zero-order valence-corrected chi connectivity index (χ0v) is 10.8. The highest BCUT2D eigenvalue weighted by molar-refractivity contribution is 9.10. The first-order valence-electron chi connectivity index (χ1n) is 4.75. The van der Waals surface area contributed by atoms with E-state index in [4.69, 9.17) is 10.5 Å². The Hall–Kier alpha value is -1.07. The van der Waals surface area contributed by atoms with Crippen LogP contribution in [0.15, 0.2) is 22.7 Å². The number of carbonyl (C=O) groups is 1. The average molecular weight is 288 g/mol. The van der Waals surface area contributed by atoms with Gasteiger partial charge in [-0.15, -0.1) is 0 Å². The molecule has 0 heterocycles. The van der Waals surface area contributed by atoms with E-state index in [1.807, 2.05) is 6.07 Å². The van der Waals surface area contributed by atoms with Crippen LogP contribution in [0, 0.1) is 0 Å². The molecular weight excluding hydrogens is 274 g/mol. The molecule has 1 rings (SSSR count). The van der Waals surface area contributed by atoms with Crippen molar-refractivity contribution in [1.82, 2.24) is 0 Å². The van der Waals surface area contributed by atoms with Crippen LogP contribution in [0.5, 0.6) is 5.75 Å². The summed E-state index contributed by atoms with van der Waals surface area (Å²) in [4.78, 5) is 11.5. The summed E-state index contributed by atoms with van der Waals surface area (Å²) in [6.07, 6.45) is 0. The number of methoxy groups -OCH3 is 2. The third kappa shape index (κ3) is 2.74. The highest BCUT2D eigenvalue weighted by atomic mass is 79.9. The predicted molar refractivity (Wildman–Crippen MR) is 64.5 cm³/mol. The molecule has 1 aromatic carbocycles. The number of ether oxygens (including phenoxy) is 2. The molecular formula is C11H14BrNO3. The van der Waals surface area contributed by atoms with Crippen molar-refractivity contribution in [1.29, 1.82) is 0 Å². The molecule has 1 atom stereocenters. The minimum atomic E-state index is -0.438. The Morgan fingerprint density at radius 2 is 2.19 bits per heavy atom. The fraction of sp³-hybridized carbons (Fsp3) is 0.364. The number of halogens is 1. The van der Waals surface area contributed by atoms with Crippen LogP contribution >= 0.6 is 15.9 Å². The van der Waals surface area contributed by atoms with Crippen LogP contribution in [0.25, 0.3) is 0 Å². The van der Waals surface area contributed by atoms with Gasteiger partial charge in [-0.2, -0.15) is 0 Å².